The molecule has 0 aliphatic carbocycles. The van der Waals surface area contributed by atoms with Crippen LogP contribution >= 0.6 is 22.7 Å². The summed E-state index contributed by atoms with van der Waals surface area (Å²) in [5, 5.41) is 5.90. The molecule has 1 aromatic carbocycles. The van der Waals surface area contributed by atoms with Crippen LogP contribution in [-0.2, 0) is 0 Å². The van der Waals surface area contributed by atoms with Crippen molar-refractivity contribution >= 4 is 32.1 Å². The van der Waals surface area contributed by atoms with Crippen molar-refractivity contribution in [2.75, 3.05) is 6.54 Å². The zero-order valence-corrected chi connectivity index (χ0v) is 14.4. The van der Waals surface area contributed by atoms with Crippen LogP contribution in [0.3, 0.4) is 0 Å². The van der Waals surface area contributed by atoms with Gasteiger partial charge in [0.15, 0.2) is 0 Å². The third-order valence-electron chi connectivity index (χ3n) is 3.62. The van der Waals surface area contributed by atoms with Gasteiger partial charge in [-0.15, -0.1) is 22.7 Å². The Morgan fingerprint density at radius 2 is 1.81 bits per heavy atom. The van der Waals surface area contributed by atoms with Crippen molar-refractivity contribution in [3.05, 3.63) is 57.3 Å². The molecule has 0 aliphatic heterocycles. The second-order valence-electron chi connectivity index (χ2n) is 5.61. The topological polar surface area (TPSA) is 12.0 Å². The molecule has 110 valence electrons. The van der Waals surface area contributed by atoms with Crippen LogP contribution in [0.5, 0.6) is 0 Å². The molecule has 21 heavy (non-hydrogen) atoms. The lowest BCUT2D eigenvalue weighted by Gasteiger charge is -2.19. The van der Waals surface area contributed by atoms with Gasteiger partial charge in [-0.2, -0.15) is 0 Å². The van der Waals surface area contributed by atoms with Crippen LogP contribution in [0.1, 0.15) is 41.0 Å². The van der Waals surface area contributed by atoms with Gasteiger partial charge in [-0.3, -0.25) is 0 Å². The number of rotatable bonds is 5. The number of aryl methyl sites for hydroxylation is 2. The summed E-state index contributed by atoms with van der Waals surface area (Å²) in [5.41, 5.74) is 4.06. The highest BCUT2D eigenvalue weighted by Gasteiger charge is 2.17. The van der Waals surface area contributed by atoms with E-state index in [-0.39, 0.29) is 0 Å². The Bertz CT molecular complexity index is 690. The molecule has 1 N–H and O–H groups in total. The van der Waals surface area contributed by atoms with Gasteiger partial charge in [0.05, 0.1) is 6.04 Å². The predicted molar refractivity (Wildman–Crippen MR) is 95.8 cm³/mol. The summed E-state index contributed by atoms with van der Waals surface area (Å²) in [7, 11) is 0. The van der Waals surface area contributed by atoms with Crippen LogP contribution in [0, 0.1) is 13.8 Å². The largest absolute Gasteiger partial charge is 0.306 e. The van der Waals surface area contributed by atoms with Gasteiger partial charge in [0.2, 0.25) is 0 Å². The fraction of sp³-hybridized carbons (Fsp3) is 0.333. The Labute approximate surface area is 134 Å². The fourth-order valence-corrected chi connectivity index (χ4v) is 5.00. The average molecular weight is 316 g/mol. The van der Waals surface area contributed by atoms with Gasteiger partial charge in [0, 0.05) is 14.3 Å². The van der Waals surface area contributed by atoms with Gasteiger partial charge in [0.25, 0.3) is 0 Å². The number of hydrogen-bond acceptors (Lipinski definition) is 3. The highest BCUT2D eigenvalue weighted by Crippen LogP contribution is 2.36. The summed E-state index contributed by atoms with van der Waals surface area (Å²) in [5.74, 6) is 0. The minimum absolute atomic E-state index is 0.313. The Balaban J connectivity index is 2.02. The minimum atomic E-state index is 0.313. The molecule has 0 radical (unpaired) electrons. The smallest absolute Gasteiger partial charge is 0.0672 e. The standard InChI is InChI=1S/C18H21NS2/c1-4-6-19-18(14-9-12(2)8-13(3)10-14)17-11-16-15(21-17)5-7-20-16/h5,7-11,18-19H,4,6H2,1-3H3. The van der Waals surface area contributed by atoms with Crippen molar-refractivity contribution in [2.45, 2.75) is 33.2 Å². The van der Waals surface area contributed by atoms with Crippen LogP contribution in [0.25, 0.3) is 9.40 Å². The first kappa shape index (κ1) is 14.8. The molecule has 0 saturated carbocycles. The molecule has 3 heteroatoms. The highest BCUT2D eigenvalue weighted by molar-refractivity contribution is 7.27. The third-order valence-corrected chi connectivity index (χ3v) is 5.78. The third kappa shape index (κ3) is 3.20. The van der Waals surface area contributed by atoms with E-state index in [1.807, 2.05) is 22.7 Å². The summed E-state index contributed by atoms with van der Waals surface area (Å²) in [6.45, 7) is 7.63. The van der Waals surface area contributed by atoms with Crippen LogP contribution in [-0.4, -0.2) is 6.54 Å². The molecule has 3 rings (SSSR count). The van der Waals surface area contributed by atoms with E-state index >= 15 is 0 Å². The van der Waals surface area contributed by atoms with Crippen molar-refractivity contribution in [2.24, 2.45) is 0 Å². The molecule has 0 aliphatic rings. The first-order chi connectivity index (χ1) is 10.2. The molecule has 0 fully saturated rings. The first-order valence-electron chi connectivity index (χ1n) is 7.46. The molecule has 1 atom stereocenters. The minimum Gasteiger partial charge on any atom is -0.306 e. The van der Waals surface area contributed by atoms with E-state index in [1.165, 1.54) is 31.0 Å². The van der Waals surface area contributed by atoms with E-state index in [1.54, 1.807) is 0 Å². The second kappa shape index (κ2) is 6.30. The average Bonchev–Trinajstić information content (AvgIpc) is 2.99. The second-order valence-corrected chi connectivity index (χ2v) is 7.67. The SMILES string of the molecule is CCCNC(c1cc(C)cc(C)c1)c1cc2sccc2s1. The number of benzene rings is 1. The van der Waals surface area contributed by atoms with Gasteiger partial charge in [-0.1, -0.05) is 36.2 Å². The summed E-state index contributed by atoms with van der Waals surface area (Å²) >= 11 is 3.75. The molecular formula is C18H21NS2. The Morgan fingerprint density at radius 3 is 2.48 bits per heavy atom. The number of thiophene rings is 2. The molecule has 0 spiro atoms. The number of fused-ring (bicyclic) bond motifs is 1. The lowest BCUT2D eigenvalue weighted by atomic mass is 10.00. The molecule has 0 saturated heterocycles. The predicted octanol–water partition coefficient (Wildman–Crippen LogP) is 5.67. The normalized spacial score (nSPS) is 12.9. The Morgan fingerprint density at radius 1 is 1.05 bits per heavy atom. The first-order valence-corrected chi connectivity index (χ1v) is 9.15. The molecular weight excluding hydrogens is 294 g/mol. The summed E-state index contributed by atoms with van der Waals surface area (Å²) in [6, 6.07) is 11.8. The molecule has 2 aromatic heterocycles. The molecule has 3 aromatic rings. The summed E-state index contributed by atoms with van der Waals surface area (Å²) in [6.07, 6.45) is 1.15. The Kier molecular flexibility index (Phi) is 4.43. The van der Waals surface area contributed by atoms with Crippen molar-refractivity contribution in [3.8, 4) is 0 Å². The van der Waals surface area contributed by atoms with Gasteiger partial charge in [-0.05, 0) is 49.9 Å². The molecule has 0 amide bonds. The quantitative estimate of drug-likeness (QED) is 0.640. The summed E-state index contributed by atoms with van der Waals surface area (Å²) in [4.78, 5) is 1.43. The lowest BCUT2D eigenvalue weighted by molar-refractivity contribution is 0.605. The maximum atomic E-state index is 3.72. The summed E-state index contributed by atoms with van der Waals surface area (Å²) < 4.78 is 2.81. The van der Waals surface area contributed by atoms with Gasteiger partial charge < -0.3 is 5.32 Å². The maximum Gasteiger partial charge on any atom is 0.0672 e. The molecule has 1 nitrogen and oxygen atoms in total. The monoisotopic (exact) mass is 315 g/mol. The number of hydrogen-bond donors (Lipinski definition) is 1. The van der Waals surface area contributed by atoms with Crippen molar-refractivity contribution in [3.63, 3.8) is 0 Å². The van der Waals surface area contributed by atoms with Crippen LogP contribution in [0.4, 0.5) is 0 Å². The zero-order chi connectivity index (χ0) is 14.8. The van der Waals surface area contributed by atoms with Crippen molar-refractivity contribution in [1.29, 1.82) is 0 Å². The van der Waals surface area contributed by atoms with Crippen LogP contribution < -0.4 is 5.32 Å². The van der Waals surface area contributed by atoms with Crippen LogP contribution in [0.15, 0.2) is 35.7 Å². The van der Waals surface area contributed by atoms with E-state index in [9.17, 15) is 0 Å². The van der Waals surface area contributed by atoms with E-state index in [2.05, 4.69) is 61.8 Å². The van der Waals surface area contributed by atoms with Gasteiger partial charge in [-0.25, -0.2) is 0 Å². The van der Waals surface area contributed by atoms with E-state index in [4.69, 9.17) is 0 Å². The molecule has 1 unspecified atom stereocenters. The number of nitrogens with one attached hydrogen (secondary N) is 1. The molecule has 2 heterocycles. The van der Waals surface area contributed by atoms with Gasteiger partial charge >= 0.3 is 0 Å². The lowest BCUT2D eigenvalue weighted by Crippen LogP contribution is -2.22. The van der Waals surface area contributed by atoms with E-state index in [0.29, 0.717) is 6.04 Å². The highest BCUT2D eigenvalue weighted by atomic mass is 32.1. The Hall–Kier alpha value is -1.16. The zero-order valence-electron chi connectivity index (χ0n) is 12.8. The van der Waals surface area contributed by atoms with E-state index in [0.717, 1.165) is 13.0 Å². The van der Waals surface area contributed by atoms with Gasteiger partial charge in [0.1, 0.15) is 0 Å². The fourth-order valence-electron chi connectivity index (χ4n) is 2.77. The van der Waals surface area contributed by atoms with Crippen LogP contribution in [0.2, 0.25) is 0 Å². The van der Waals surface area contributed by atoms with Crippen molar-refractivity contribution in [1.82, 2.24) is 5.32 Å². The molecule has 0 bridgehead atoms. The maximum absolute atomic E-state index is 3.72. The van der Waals surface area contributed by atoms with E-state index < -0.39 is 0 Å². The van der Waals surface area contributed by atoms with Crippen molar-refractivity contribution < 1.29 is 0 Å².